The third kappa shape index (κ3) is 3.09. The molecule has 0 spiro atoms. The molecule has 25 heavy (non-hydrogen) atoms. The molecule has 0 unspecified atom stereocenters. The van der Waals surface area contributed by atoms with Crippen LogP contribution in [-0.2, 0) is 18.3 Å². The monoisotopic (exact) mass is 338 g/mol. The summed E-state index contributed by atoms with van der Waals surface area (Å²) in [6.45, 7) is 5.79. The van der Waals surface area contributed by atoms with Crippen LogP contribution in [0.5, 0.6) is 0 Å². The Morgan fingerprint density at radius 2 is 2.00 bits per heavy atom. The van der Waals surface area contributed by atoms with Gasteiger partial charge in [0.15, 0.2) is 0 Å². The third-order valence-electron chi connectivity index (χ3n) is 5.86. The van der Waals surface area contributed by atoms with Gasteiger partial charge >= 0.3 is 0 Å². The number of imidazole rings is 1. The summed E-state index contributed by atoms with van der Waals surface area (Å²) in [5, 5.41) is 0. The highest BCUT2D eigenvalue weighted by atomic mass is 16.2. The molecule has 1 aromatic carbocycles. The highest BCUT2D eigenvalue weighted by Crippen LogP contribution is 2.44. The van der Waals surface area contributed by atoms with Crippen molar-refractivity contribution in [2.24, 2.45) is 18.9 Å². The molecule has 2 fully saturated rings. The summed E-state index contributed by atoms with van der Waals surface area (Å²) in [5.74, 6) is 2.45. The second-order valence-corrected chi connectivity index (χ2v) is 7.41. The van der Waals surface area contributed by atoms with Crippen molar-refractivity contribution in [3.63, 3.8) is 0 Å². The molecule has 2 aliphatic heterocycles. The van der Waals surface area contributed by atoms with E-state index in [4.69, 9.17) is 0 Å². The molecule has 3 atom stereocenters. The summed E-state index contributed by atoms with van der Waals surface area (Å²) in [6.07, 6.45) is 4.85. The number of carbonyl (C=O) groups is 1. The van der Waals surface area contributed by atoms with E-state index in [1.165, 1.54) is 5.56 Å². The van der Waals surface area contributed by atoms with Gasteiger partial charge < -0.3 is 14.4 Å². The molecule has 1 aromatic heterocycles. The molecule has 5 heteroatoms. The first kappa shape index (κ1) is 16.3. The van der Waals surface area contributed by atoms with Crippen molar-refractivity contribution in [2.75, 3.05) is 26.2 Å². The van der Waals surface area contributed by atoms with E-state index in [0.717, 1.165) is 38.4 Å². The van der Waals surface area contributed by atoms with Gasteiger partial charge in [0, 0.05) is 64.9 Å². The van der Waals surface area contributed by atoms with Crippen LogP contribution < -0.4 is 0 Å². The minimum Gasteiger partial charge on any atom is -0.338 e. The molecule has 2 saturated heterocycles. The molecule has 2 aromatic rings. The average Bonchev–Trinajstić information content (AvgIpc) is 3.27. The van der Waals surface area contributed by atoms with Gasteiger partial charge in [0.25, 0.3) is 0 Å². The van der Waals surface area contributed by atoms with Crippen molar-refractivity contribution >= 4 is 5.91 Å². The quantitative estimate of drug-likeness (QED) is 0.857. The lowest BCUT2D eigenvalue weighted by Gasteiger charge is -2.29. The Morgan fingerprint density at radius 1 is 1.20 bits per heavy atom. The van der Waals surface area contributed by atoms with Crippen LogP contribution in [0.3, 0.4) is 0 Å². The normalized spacial score (nSPS) is 26.2. The highest BCUT2D eigenvalue weighted by Gasteiger charge is 2.48. The van der Waals surface area contributed by atoms with E-state index in [1.807, 2.05) is 18.5 Å². The zero-order chi connectivity index (χ0) is 17.4. The Hall–Kier alpha value is -2.14. The number of carbonyl (C=O) groups excluding carboxylic acids is 1. The minimum atomic E-state index is 0.197. The van der Waals surface area contributed by atoms with Crippen molar-refractivity contribution in [1.82, 2.24) is 19.4 Å². The lowest BCUT2D eigenvalue weighted by molar-refractivity contribution is -0.130. The molecule has 0 aliphatic carbocycles. The summed E-state index contributed by atoms with van der Waals surface area (Å²) in [4.78, 5) is 21.2. The van der Waals surface area contributed by atoms with Gasteiger partial charge in [0.05, 0.1) is 6.04 Å². The van der Waals surface area contributed by atoms with Gasteiger partial charge in [-0.3, -0.25) is 4.79 Å². The molecule has 2 aliphatic rings. The summed E-state index contributed by atoms with van der Waals surface area (Å²) in [5.41, 5.74) is 1.27. The van der Waals surface area contributed by atoms with E-state index < -0.39 is 0 Å². The predicted molar refractivity (Wildman–Crippen MR) is 96.9 cm³/mol. The van der Waals surface area contributed by atoms with Gasteiger partial charge in [0.1, 0.15) is 5.82 Å². The Bertz CT molecular complexity index is 741. The second kappa shape index (κ2) is 6.64. The number of aromatic nitrogens is 2. The number of aryl methyl sites for hydroxylation is 1. The number of nitrogens with zero attached hydrogens (tertiary/aromatic N) is 4. The van der Waals surface area contributed by atoms with Gasteiger partial charge in [-0.1, -0.05) is 30.3 Å². The maximum absolute atomic E-state index is 12.2. The lowest BCUT2D eigenvalue weighted by atomic mass is 9.89. The number of hydrogen-bond acceptors (Lipinski definition) is 3. The molecule has 0 saturated carbocycles. The maximum Gasteiger partial charge on any atom is 0.219 e. The summed E-state index contributed by atoms with van der Waals surface area (Å²) in [7, 11) is 2.05. The molecule has 132 valence electrons. The van der Waals surface area contributed by atoms with Gasteiger partial charge in [0.2, 0.25) is 5.91 Å². The van der Waals surface area contributed by atoms with Crippen LogP contribution in [0.1, 0.15) is 24.4 Å². The molecule has 0 bridgehead atoms. The van der Waals surface area contributed by atoms with Gasteiger partial charge in [-0.15, -0.1) is 0 Å². The Kier molecular flexibility index (Phi) is 4.34. The van der Waals surface area contributed by atoms with Crippen LogP contribution in [0.4, 0.5) is 0 Å². The van der Waals surface area contributed by atoms with Crippen LogP contribution in [0.15, 0.2) is 42.7 Å². The Morgan fingerprint density at radius 3 is 2.68 bits per heavy atom. The predicted octanol–water partition coefficient (Wildman–Crippen LogP) is 2.11. The van der Waals surface area contributed by atoms with E-state index in [-0.39, 0.29) is 11.9 Å². The lowest BCUT2D eigenvalue weighted by Crippen LogP contribution is -2.35. The number of rotatable bonds is 4. The summed E-state index contributed by atoms with van der Waals surface area (Å²) in [6, 6.07) is 10.8. The Balaban J connectivity index is 1.47. The molecule has 4 rings (SSSR count). The van der Waals surface area contributed by atoms with Crippen LogP contribution >= 0.6 is 0 Å². The van der Waals surface area contributed by atoms with Crippen LogP contribution in [0.25, 0.3) is 0 Å². The standard InChI is InChI=1S/C20H26N4O/c1-15(25)24-13-17-12-23(10-8-19-21-9-11-22(19)2)14-18(17)20(24)16-6-4-3-5-7-16/h3-7,9,11,17-18,20H,8,10,12-14H2,1-2H3/t17-,18-,20+/m1/s1. The molecule has 0 radical (unpaired) electrons. The first-order valence-corrected chi connectivity index (χ1v) is 9.14. The SMILES string of the molecule is CC(=O)N1C[C@H]2CN(CCc3nccn3C)C[C@H]2[C@@H]1c1ccccc1. The minimum absolute atomic E-state index is 0.197. The first-order valence-electron chi connectivity index (χ1n) is 9.14. The molecule has 5 nitrogen and oxygen atoms in total. The fourth-order valence-corrected chi connectivity index (χ4v) is 4.62. The van der Waals surface area contributed by atoms with E-state index in [9.17, 15) is 4.79 Å². The molecule has 1 amide bonds. The fraction of sp³-hybridized carbons (Fsp3) is 0.500. The topological polar surface area (TPSA) is 41.4 Å². The largest absolute Gasteiger partial charge is 0.338 e. The summed E-state index contributed by atoms with van der Waals surface area (Å²) < 4.78 is 2.10. The second-order valence-electron chi connectivity index (χ2n) is 7.41. The number of amides is 1. The average molecular weight is 338 g/mol. The van der Waals surface area contributed by atoms with E-state index in [1.54, 1.807) is 6.92 Å². The zero-order valence-electron chi connectivity index (χ0n) is 15.0. The van der Waals surface area contributed by atoms with Gasteiger partial charge in [-0.05, 0) is 11.5 Å². The van der Waals surface area contributed by atoms with Crippen molar-refractivity contribution in [1.29, 1.82) is 0 Å². The van der Waals surface area contributed by atoms with Crippen molar-refractivity contribution in [3.05, 3.63) is 54.1 Å². The maximum atomic E-state index is 12.2. The zero-order valence-corrected chi connectivity index (χ0v) is 15.0. The smallest absolute Gasteiger partial charge is 0.219 e. The van der Waals surface area contributed by atoms with Gasteiger partial charge in [-0.2, -0.15) is 0 Å². The fourth-order valence-electron chi connectivity index (χ4n) is 4.62. The molecule has 0 N–H and O–H groups in total. The van der Waals surface area contributed by atoms with E-state index in [0.29, 0.717) is 11.8 Å². The third-order valence-corrected chi connectivity index (χ3v) is 5.86. The van der Waals surface area contributed by atoms with Crippen molar-refractivity contribution in [2.45, 2.75) is 19.4 Å². The van der Waals surface area contributed by atoms with E-state index in [2.05, 4.69) is 50.7 Å². The highest BCUT2D eigenvalue weighted by molar-refractivity contribution is 5.74. The van der Waals surface area contributed by atoms with Crippen molar-refractivity contribution in [3.8, 4) is 0 Å². The number of fused-ring (bicyclic) bond motifs is 1. The van der Waals surface area contributed by atoms with Gasteiger partial charge in [-0.25, -0.2) is 4.98 Å². The number of benzene rings is 1. The molecular formula is C20H26N4O. The molecular weight excluding hydrogens is 312 g/mol. The summed E-state index contributed by atoms with van der Waals surface area (Å²) >= 11 is 0. The van der Waals surface area contributed by atoms with Crippen LogP contribution in [0, 0.1) is 11.8 Å². The van der Waals surface area contributed by atoms with Crippen molar-refractivity contribution < 1.29 is 4.79 Å². The number of hydrogen-bond donors (Lipinski definition) is 0. The molecule has 3 heterocycles. The number of likely N-dealkylation sites (tertiary alicyclic amines) is 2. The first-order chi connectivity index (χ1) is 12.1. The van der Waals surface area contributed by atoms with Crippen LogP contribution in [-0.4, -0.2) is 51.4 Å². The Labute approximate surface area is 149 Å². The van der Waals surface area contributed by atoms with E-state index >= 15 is 0 Å². The van der Waals surface area contributed by atoms with Crippen LogP contribution in [0.2, 0.25) is 0 Å².